The lowest BCUT2D eigenvalue weighted by molar-refractivity contribution is 0.0936. The monoisotopic (exact) mass is 455 g/mol. The van der Waals surface area contributed by atoms with Crippen molar-refractivity contribution in [3.63, 3.8) is 0 Å². The maximum absolute atomic E-state index is 12.7. The van der Waals surface area contributed by atoms with Crippen molar-refractivity contribution in [2.24, 2.45) is 0 Å². The lowest BCUT2D eigenvalue weighted by Gasteiger charge is -2.29. The van der Waals surface area contributed by atoms with Crippen molar-refractivity contribution in [2.45, 2.75) is 18.5 Å². The molecular formula is C24H23Cl2N3O2. The van der Waals surface area contributed by atoms with Crippen LogP contribution in [0.15, 0.2) is 66.9 Å². The predicted octanol–water partition coefficient (Wildman–Crippen LogP) is 4.99. The molecule has 2 heterocycles. The highest BCUT2D eigenvalue weighted by Gasteiger charge is 2.31. The molecule has 160 valence electrons. The number of likely N-dealkylation sites (tertiary alicyclic amines) is 1. The summed E-state index contributed by atoms with van der Waals surface area (Å²) < 4.78 is 5.06. The van der Waals surface area contributed by atoms with E-state index >= 15 is 0 Å². The van der Waals surface area contributed by atoms with Crippen LogP contribution in [0.25, 0.3) is 0 Å². The Bertz CT molecular complexity index is 979. The number of pyridine rings is 1. The van der Waals surface area contributed by atoms with Gasteiger partial charge in [0.1, 0.15) is 0 Å². The molecule has 1 amide bonds. The molecule has 4 rings (SSSR count). The van der Waals surface area contributed by atoms with Crippen molar-refractivity contribution >= 4 is 29.1 Å². The molecule has 0 bridgehead atoms. The van der Waals surface area contributed by atoms with Gasteiger partial charge in [0.05, 0.1) is 18.7 Å². The number of hydrogen-bond donors (Lipinski definition) is 1. The first-order valence-electron chi connectivity index (χ1n) is 10.1. The van der Waals surface area contributed by atoms with Crippen molar-refractivity contribution in [1.82, 2.24) is 15.2 Å². The van der Waals surface area contributed by atoms with Crippen molar-refractivity contribution in [3.05, 3.63) is 93.6 Å². The van der Waals surface area contributed by atoms with Gasteiger partial charge in [-0.05, 0) is 47.9 Å². The maximum atomic E-state index is 12.7. The SMILES string of the molecule is COc1ccc(C(=O)N[C@@H]2CCN(C(c3ccc(Cl)cc3)c3ccc(Cl)cc3)C2)cn1. The summed E-state index contributed by atoms with van der Waals surface area (Å²) in [5.41, 5.74) is 2.82. The van der Waals surface area contributed by atoms with Crippen LogP contribution in [-0.4, -0.2) is 42.0 Å². The first-order valence-corrected chi connectivity index (χ1v) is 10.8. The van der Waals surface area contributed by atoms with Crippen LogP contribution >= 0.6 is 23.2 Å². The molecule has 0 unspecified atom stereocenters. The predicted molar refractivity (Wildman–Crippen MR) is 123 cm³/mol. The largest absolute Gasteiger partial charge is 0.481 e. The molecule has 0 saturated carbocycles. The van der Waals surface area contributed by atoms with E-state index in [1.807, 2.05) is 24.3 Å². The summed E-state index contributed by atoms with van der Waals surface area (Å²) in [6.07, 6.45) is 2.40. The number of amides is 1. The Morgan fingerprint density at radius 1 is 1.03 bits per heavy atom. The van der Waals surface area contributed by atoms with Crippen LogP contribution in [0.3, 0.4) is 0 Å². The molecule has 2 aromatic carbocycles. The minimum atomic E-state index is -0.128. The van der Waals surface area contributed by atoms with E-state index in [0.29, 0.717) is 21.5 Å². The van der Waals surface area contributed by atoms with Crippen LogP contribution in [0, 0.1) is 0 Å². The van der Waals surface area contributed by atoms with Crippen molar-refractivity contribution in [3.8, 4) is 5.88 Å². The number of nitrogens with zero attached hydrogens (tertiary/aromatic N) is 2. The summed E-state index contributed by atoms with van der Waals surface area (Å²) in [5.74, 6) is 0.355. The van der Waals surface area contributed by atoms with Gasteiger partial charge in [0.15, 0.2) is 0 Å². The normalized spacial score (nSPS) is 16.5. The Hall–Kier alpha value is -2.60. The lowest BCUT2D eigenvalue weighted by atomic mass is 9.97. The fourth-order valence-corrected chi connectivity index (χ4v) is 4.20. The average Bonchev–Trinajstić information content (AvgIpc) is 3.24. The summed E-state index contributed by atoms with van der Waals surface area (Å²) in [4.78, 5) is 19.1. The highest BCUT2D eigenvalue weighted by molar-refractivity contribution is 6.30. The third-order valence-electron chi connectivity index (χ3n) is 5.50. The number of nitrogens with one attached hydrogen (secondary N) is 1. The van der Waals surface area contributed by atoms with E-state index in [4.69, 9.17) is 27.9 Å². The molecule has 7 heteroatoms. The van der Waals surface area contributed by atoms with Crippen LogP contribution in [0.4, 0.5) is 0 Å². The molecule has 1 aliphatic rings. The van der Waals surface area contributed by atoms with Crippen LogP contribution in [0.2, 0.25) is 10.0 Å². The molecule has 0 aliphatic carbocycles. The Kier molecular flexibility index (Phi) is 6.76. The Labute approximate surface area is 192 Å². The summed E-state index contributed by atoms with van der Waals surface area (Å²) in [6.45, 7) is 1.60. The Morgan fingerprint density at radius 2 is 1.65 bits per heavy atom. The van der Waals surface area contributed by atoms with E-state index < -0.39 is 0 Å². The van der Waals surface area contributed by atoms with Gasteiger partial charge in [-0.3, -0.25) is 9.69 Å². The van der Waals surface area contributed by atoms with E-state index in [1.54, 1.807) is 19.2 Å². The number of halogens is 2. The fourth-order valence-electron chi connectivity index (χ4n) is 3.95. The molecule has 1 aromatic heterocycles. The smallest absolute Gasteiger partial charge is 0.253 e. The minimum Gasteiger partial charge on any atom is -0.481 e. The van der Waals surface area contributed by atoms with Gasteiger partial charge in [0, 0.05) is 41.4 Å². The number of benzene rings is 2. The average molecular weight is 456 g/mol. The van der Waals surface area contributed by atoms with Gasteiger partial charge < -0.3 is 10.1 Å². The van der Waals surface area contributed by atoms with E-state index in [2.05, 4.69) is 39.5 Å². The number of carbonyl (C=O) groups is 1. The van der Waals surface area contributed by atoms with E-state index in [-0.39, 0.29) is 18.0 Å². The third kappa shape index (κ3) is 5.18. The quantitative estimate of drug-likeness (QED) is 0.568. The standard InChI is InChI=1S/C24H23Cl2N3O2/c1-31-22-11-6-18(14-27-22)24(30)28-21-12-13-29(15-21)23(16-2-7-19(25)8-3-16)17-4-9-20(26)10-5-17/h2-11,14,21,23H,12-13,15H2,1H3,(H,28,30)/t21-/m1/s1. The molecule has 3 aromatic rings. The summed E-state index contributed by atoms with van der Waals surface area (Å²) in [7, 11) is 1.55. The van der Waals surface area contributed by atoms with Crippen molar-refractivity contribution in [2.75, 3.05) is 20.2 Å². The topological polar surface area (TPSA) is 54.5 Å². The Morgan fingerprint density at radius 3 is 2.16 bits per heavy atom. The van der Waals surface area contributed by atoms with Crippen molar-refractivity contribution in [1.29, 1.82) is 0 Å². The number of hydrogen-bond acceptors (Lipinski definition) is 4. The zero-order valence-corrected chi connectivity index (χ0v) is 18.6. The molecule has 1 saturated heterocycles. The molecule has 1 aliphatic heterocycles. The van der Waals surface area contributed by atoms with Gasteiger partial charge in [-0.2, -0.15) is 0 Å². The number of aromatic nitrogens is 1. The van der Waals surface area contributed by atoms with Gasteiger partial charge in [-0.15, -0.1) is 0 Å². The first kappa shape index (κ1) is 21.6. The number of rotatable bonds is 6. The number of carbonyl (C=O) groups excluding carboxylic acids is 1. The second-order valence-electron chi connectivity index (χ2n) is 7.55. The lowest BCUT2D eigenvalue weighted by Crippen LogP contribution is -2.38. The minimum absolute atomic E-state index is 0.0525. The first-order chi connectivity index (χ1) is 15.0. The highest BCUT2D eigenvalue weighted by Crippen LogP contribution is 2.33. The molecule has 31 heavy (non-hydrogen) atoms. The van der Waals surface area contributed by atoms with Crippen LogP contribution in [0.5, 0.6) is 5.88 Å². The van der Waals surface area contributed by atoms with Crippen LogP contribution < -0.4 is 10.1 Å². The summed E-state index contributed by atoms with van der Waals surface area (Å²) in [5, 5.41) is 4.55. The number of ether oxygens (including phenoxy) is 1. The van der Waals surface area contributed by atoms with Gasteiger partial charge in [0.25, 0.3) is 5.91 Å². The second kappa shape index (κ2) is 9.69. The van der Waals surface area contributed by atoms with Crippen molar-refractivity contribution < 1.29 is 9.53 Å². The summed E-state index contributed by atoms with van der Waals surface area (Å²) in [6, 6.07) is 19.4. The third-order valence-corrected chi connectivity index (χ3v) is 6.00. The van der Waals surface area contributed by atoms with E-state index in [0.717, 1.165) is 30.6 Å². The number of methoxy groups -OCH3 is 1. The molecule has 0 spiro atoms. The Balaban J connectivity index is 1.50. The molecule has 0 radical (unpaired) electrons. The highest BCUT2D eigenvalue weighted by atomic mass is 35.5. The zero-order chi connectivity index (χ0) is 21.8. The molecule has 1 fully saturated rings. The van der Waals surface area contributed by atoms with E-state index in [1.165, 1.54) is 6.20 Å². The molecule has 1 atom stereocenters. The molecular weight excluding hydrogens is 433 g/mol. The van der Waals surface area contributed by atoms with Crippen LogP contribution in [0.1, 0.15) is 33.9 Å². The fraction of sp³-hybridized carbons (Fsp3) is 0.250. The molecule has 5 nitrogen and oxygen atoms in total. The zero-order valence-electron chi connectivity index (χ0n) is 17.1. The van der Waals surface area contributed by atoms with Gasteiger partial charge in [0.2, 0.25) is 5.88 Å². The van der Waals surface area contributed by atoms with Gasteiger partial charge in [-0.25, -0.2) is 4.98 Å². The summed E-state index contributed by atoms with van der Waals surface area (Å²) >= 11 is 12.2. The van der Waals surface area contributed by atoms with Crippen LogP contribution in [-0.2, 0) is 0 Å². The van der Waals surface area contributed by atoms with Gasteiger partial charge >= 0.3 is 0 Å². The van der Waals surface area contributed by atoms with E-state index in [9.17, 15) is 4.79 Å². The maximum Gasteiger partial charge on any atom is 0.253 e. The van der Waals surface area contributed by atoms with Gasteiger partial charge in [-0.1, -0.05) is 47.5 Å². The molecule has 1 N–H and O–H groups in total. The second-order valence-corrected chi connectivity index (χ2v) is 8.42.